The third kappa shape index (κ3) is 5.14. The van der Waals surface area contributed by atoms with Crippen LogP contribution in [0.25, 0.3) is 0 Å². The van der Waals surface area contributed by atoms with Gasteiger partial charge in [-0.15, -0.1) is 0 Å². The Labute approximate surface area is 114 Å². The van der Waals surface area contributed by atoms with Crippen molar-refractivity contribution in [1.82, 2.24) is 0 Å². The Hall–Kier alpha value is -1.81. The summed E-state index contributed by atoms with van der Waals surface area (Å²) in [6, 6.07) is 9.80. The number of rotatable bonds is 7. The first kappa shape index (κ1) is 15.2. The zero-order valence-corrected chi connectivity index (χ0v) is 11.6. The highest BCUT2D eigenvalue weighted by molar-refractivity contribution is 5.82. The van der Waals surface area contributed by atoms with Crippen molar-refractivity contribution in [2.75, 3.05) is 20.8 Å². The summed E-state index contributed by atoms with van der Waals surface area (Å²) in [7, 11) is 3.16. The third-order valence-electron chi connectivity index (χ3n) is 2.67. The van der Waals surface area contributed by atoms with E-state index in [0.29, 0.717) is 18.8 Å². The van der Waals surface area contributed by atoms with E-state index in [2.05, 4.69) is 0 Å². The van der Waals surface area contributed by atoms with Gasteiger partial charge in [0.15, 0.2) is 0 Å². The van der Waals surface area contributed by atoms with Gasteiger partial charge in [-0.2, -0.15) is 0 Å². The van der Waals surface area contributed by atoms with Gasteiger partial charge in [-0.25, -0.2) is 4.79 Å². The molecule has 0 N–H and O–H groups in total. The normalized spacial score (nSPS) is 12.9. The SMILES string of the molecule is CCOC(=O)/C=C(/CC(OC)c1ccccc1)OC. The van der Waals surface area contributed by atoms with Crippen LogP contribution in [-0.4, -0.2) is 26.8 Å². The van der Waals surface area contributed by atoms with Crippen LogP contribution >= 0.6 is 0 Å². The molecule has 19 heavy (non-hydrogen) atoms. The van der Waals surface area contributed by atoms with Crippen LogP contribution in [0.5, 0.6) is 0 Å². The fourth-order valence-corrected chi connectivity index (χ4v) is 1.70. The Morgan fingerprint density at radius 3 is 2.47 bits per heavy atom. The van der Waals surface area contributed by atoms with E-state index in [1.165, 1.54) is 13.2 Å². The fraction of sp³-hybridized carbons (Fsp3) is 0.400. The summed E-state index contributed by atoms with van der Waals surface area (Å²) >= 11 is 0. The number of methoxy groups -OCH3 is 2. The Morgan fingerprint density at radius 2 is 1.95 bits per heavy atom. The molecule has 4 heteroatoms. The van der Waals surface area contributed by atoms with Crippen molar-refractivity contribution in [3.63, 3.8) is 0 Å². The molecule has 0 saturated carbocycles. The molecule has 0 heterocycles. The summed E-state index contributed by atoms with van der Waals surface area (Å²) in [6.45, 7) is 2.11. The van der Waals surface area contributed by atoms with Gasteiger partial charge in [-0.3, -0.25) is 0 Å². The highest BCUT2D eigenvalue weighted by Gasteiger charge is 2.14. The van der Waals surface area contributed by atoms with Crippen molar-refractivity contribution in [2.45, 2.75) is 19.4 Å². The summed E-state index contributed by atoms with van der Waals surface area (Å²) in [6.07, 6.45) is 1.69. The van der Waals surface area contributed by atoms with Gasteiger partial charge in [-0.1, -0.05) is 30.3 Å². The molecule has 0 spiro atoms. The van der Waals surface area contributed by atoms with Crippen LogP contribution in [0.15, 0.2) is 42.2 Å². The zero-order valence-electron chi connectivity index (χ0n) is 11.6. The fourth-order valence-electron chi connectivity index (χ4n) is 1.70. The smallest absolute Gasteiger partial charge is 0.334 e. The second-order valence-corrected chi connectivity index (χ2v) is 3.91. The predicted molar refractivity (Wildman–Crippen MR) is 72.5 cm³/mol. The summed E-state index contributed by atoms with van der Waals surface area (Å²) in [4.78, 5) is 11.4. The molecule has 1 atom stereocenters. The van der Waals surface area contributed by atoms with Gasteiger partial charge in [0.05, 0.1) is 25.9 Å². The molecule has 0 aliphatic carbocycles. The summed E-state index contributed by atoms with van der Waals surface area (Å²) in [5.41, 5.74) is 1.04. The first-order valence-electron chi connectivity index (χ1n) is 6.20. The second-order valence-electron chi connectivity index (χ2n) is 3.91. The topological polar surface area (TPSA) is 44.8 Å². The van der Waals surface area contributed by atoms with Crippen molar-refractivity contribution >= 4 is 5.97 Å². The number of esters is 1. The summed E-state index contributed by atoms with van der Waals surface area (Å²) in [5, 5.41) is 0. The van der Waals surface area contributed by atoms with Crippen molar-refractivity contribution in [3.8, 4) is 0 Å². The minimum absolute atomic E-state index is 0.151. The molecule has 0 saturated heterocycles. The van der Waals surface area contributed by atoms with Crippen LogP contribution in [0.3, 0.4) is 0 Å². The molecule has 1 aromatic carbocycles. The summed E-state index contributed by atoms with van der Waals surface area (Å²) in [5.74, 6) is 0.136. The summed E-state index contributed by atoms with van der Waals surface area (Å²) < 4.78 is 15.5. The number of carbonyl (C=O) groups is 1. The minimum atomic E-state index is -0.401. The van der Waals surface area contributed by atoms with Gasteiger partial charge in [-0.05, 0) is 12.5 Å². The van der Waals surface area contributed by atoms with E-state index in [4.69, 9.17) is 14.2 Å². The average molecular weight is 264 g/mol. The lowest BCUT2D eigenvalue weighted by atomic mass is 10.1. The number of carbonyl (C=O) groups excluding carboxylic acids is 1. The standard InChI is InChI=1S/C15H20O4/c1-4-19-15(16)11-13(17-2)10-14(18-3)12-8-6-5-7-9-12/h5-9,11,14H,4,10H2,1-3H3/b13-11-. The van der Waals surface area contributed by atoms with Gasteiger partial charge in [0.25, 0.3) is 0 Å². The quantitative estimate of drug-likeness (QED) is 0.431. The molecular formula is C15H20O4. The molecule has 0 fully saturated rings. The van der Waals surface area contributed by atoms with E-state index >= 15 is 0 Å². The predicted octanol–water partition coefficient (Wildman–Crippen LogP) is 2.86. The number of ether oxygens (including phenoxy) is 3. The highest BCUT2D eigenvalue weighted by Crippen LogP contribution is 2.24. The van der Waals surface area contributed by atoms with Gasteiger partial charge in [0.1, 0.15) is 5.76 Å². The van der Waals surface area contributed by atoms with Gasteiger partial charge in [0, 0.05) is 13.5 Å². The van der Waals surface area contributed by atoms with Crippen LogP contribution in [0.2, 0.25) is 0 Å². The Kier molecular flexibility index (Phi) is 6.68. The van der Waals surface area contributed by atoms with Crippen LogP contribution in [0.1, 0.15) is 25.0 Å². The molecule has 0 radical (unpaired) electrons. The maximum absolute atomic E-state index is 11.4. The first-order chi connectivity index (χ1) is 9.21. The maximum Gasteiger partial charge on any atom is 0.334 e. The lowest BCUT2D eigenvalue weighted by Gasteiger charge is -2.17. The van der Waals surface area contributed by atoms with Gasteiger partial charge < -0.3 is 14.2 Å². The molecule has 0 aliphatic rings. The van der Waals surface area contributed by atoms with Crippen LogP contribution in [0, 0.1) is 0 Å². The molecule has 104 valence electrons. The van der Waals surface area contributed by atoms with Gasteiger partial charge in [0.2, 0.25) is 0 Å². The van der Waals surface area contributed by atoms with Crippen molar-refractivity contribution in [3.05, 3.63) is 47.7 Å². The zero-order chi connectivity index (χ0) is 14.1. The first-order valence-corrected chi connectivity index (χ1v) is 6.20. The van der Waals surface area contributed by atoms with Crippen molar-refractivity contribution in [1.29, 1.82) is 0 Å². The van der Waals surface area contributed by atoms with Crippen LogP contribution in [-0.2, 0) is 19.0 Å². The van der Waals surface area contributed by atoms with E-state index in [-0.39, 0.29) is 6.10 Å². The average Bonchev–Trinajstić information content (AvgIpc) is 2.44. The molecule has 0 bridgehead atoms. The van der Waals surface area contributed by atoms with Crippen LogP contribution in [0.4, 0.5) is 0 Å². The van der Waals surface area contributed by atoms with Crippen molar-refractivity contribution in [2.24, 2.45) is 0 Å². The van der Waals surface area contributed by atoms with E-state index in [1.807, 2.05) is 30.3 Å². The van der Waals surface area contributed by atoms with E-state index < -0.39 is 5.97 Å². The second kappa shape index (κ2) is 8.32. The molecule has 1 unspecified atom stereocenters. The van der Waals surface area contributed by atoms with Crippen LogP contribution < -0.4 is 0 Å². The molecule has 1 aromatic rings. The largest absolute Gasteiger partial charge is 0.501 e. The lowest BCUT2D eigenvalue weighted by Crippen LogP contribution is -2.07. The number of benzene rings is 1. The number of hydrogen-bond donors (Lipinski definition) is 0. The third-order valence-corrected chi connectivity index (χ3v) is 2.67. The van der Waals surface area contributed by atoms with Crippen molar-refractivity contribution < 1.29 is 19.0 Å². The van der Waals surface area contributed by atoms with E-state index in [0.717, 1.165) is 5.56 Å². The molecule has 4 nitrogen and oxygen atoms in total. The molecule has 0 aliphatic heterocycles. The Balaban J connectivity index is 2.75. The molecular weight excluding hydrogens is 244 g/mol. The maximum atomic E-state index is 11.4. The highest BCUT2D eigenvalue weighted by atomic mass is 16.5. The Bertz CT molecular complexity index is 411. The minimum Gasteiger partial charge on any atom is -0.501 e. The molecule has 0 aromatic heterocycles. The molecule has 1 rings (SSSR count). The Morgan fingerprint density at radius 1 is 1.26 bits per heavy atom. The molecule has 0 amide bonds. The van der Waals surface area contributed by atoms with E-state index in [1.54, 1.807) is 14.0 Å². The number of hydrogen-bond acceptors (Lipinski definition) is 4. The van der Waals surface area contributed by atoms with E-state index in [9.17, 15) is 4.79 Å². The van der Waals surface area contributed by atoms with Gasteiger partial charge >= 0.3 is 5.97 Å². The monoisotopic (exact) mass is 264 g/mol. The lowest BCUT2D eigenvalue weighted by molar-refractivity contribution is -0.137.